The lowest BCUT2D eigenvalue weighted by atomic mass is 9.88. The van der Waals surface area contributed by atoms with Gasteiger partial charge in [0.15, 0.2) is 6.61 Å². The van der Waals surface area contributed by atoms with Crippen LogP contribution in [0.2, 0.25) is 0 Å². The average Bonchev–Trinajstić information content (AvgIpc) is 3.31. The number of rotatable bonds is 8. The Labute approximate surface area is 176 Å². The van der Waals surface area contributed by atoms with Gasteiger partial charge in [-0.3, -0.25) is 9.59 Å². The third-order valence-corrected chi connectivity index (χ3v) is 7.01. The Kier molecular flexibility index (Phi) is 7.70. The molecule has 0 aliphatic heterocycles. The molecule has 6 nitrogen and oxygen atoms in total. The standard InChI is InChI=1S/C22H31NO5S/c1-3-27-22(26)20-16-10-8-14(2)12-17(16)29-21(20)23-18(24)13-28-19(25)11-9-15-6-4-5-7-15/h14-15H,3-13H2,1-2H3,(H,23,24)/t14-/m0/s1. The fourth-order valence-electron chi connectivity index (χ4n) is 4.26. The average molecular weight is 422 g/mol. The molecule has 2 aliphatic carbocycles. The second-order valence-corrected chi connectivity index (χ2v) is 9.28. The van der Waals surface area contributed by atoms with Crippen LogP contribution in [0.3, 0.4) is 0 Å². The molecule has 1 fully saturated rings. The summed E-state index contributed by atoms with van der Waals surface area (Å²) in [6, 6.07) is 0. The van der Waals surface area contributed by atoms with E-state index in [0.717, 1.165) is 36.1 Å². The molecule has 0 saturated heterocycles. The van der Waals surface area contributed by atoms with E-state index >= 15 is 0 Å². The first-order valence-electron chi connectivity index (χ1n) is 10.7. The molecule has 29 heavy (non-hydrogen) atoms. The van der Waals surface area contributed by atoms with Crippen molar-refractivity contribution in [2.45, 2.75) is 71.6 Å². The van der Waals surface area contributed by atoms with E-state index in [-0.39, 0.29) is 19.2 Å². The van der Waals surface area contributed by atoms with Crippen molar-refractivity contribution in [3.63, 3.8) is 0 Å². The molecule has 1 atom stereocenters. The highest BCUT2D eigenvalue weighted by Gasteiger charge is 2.29. The minimum atomic E-state index is -0.420. The lowest BCUT2D eigenvalue weighted by Crippen LogP contribution is -2.22. The number of hydrogen-bond donors (Lipinski definition) is 1. The Hall–Kier alpha value is -1.89. The second kappa shape index (κ2) is 10.2. The van der Waals surface area contributed by atoms with Crippen molar-refractivity contribution in [2.24, 2.45) is 11.8 Å². The van der Waals surface area contributed by atoms with E-state index in [9.17, 15) is 14.4 Å². The molecule has 1 N–H and O–H groups in total. The lowest BCUT2D eigenvalue weighted by molar-refractivity contribution is -0.147. The van der Waals surface area contributed by atoms with E-state index in [4.69, 9.17) is 9.47 Å². The minimum absolute atomic E-state index is 0.284. The molecule has 1 saturated carbocycles. The van der Waals surface area contributed by atoms with Crippen molar-refractivity contribution in [3.05, 3.63) is 16.0 Å². The Morgan fingerprint density at radius 1 is 1.14 bits per heavy atom. The molecule has 0 aromatic carbocycles. The zero-order valence-corrected chi connectivity index (χ0v) is 18.2. The highest BCUT2D eigenvalue weighted by molar-refractivity contribution is 7.17. The van der Waals surface area contributed by atoms with E-state index in [0.29, 0.717) is 28.8 Å². The molecular weight excluding hydrogens is 390 g/mol. The topological polar surface area (TPSA) is 81.7 Å². The van der Waals surface area contributed by atoms with Crippen LogP contribution in [0.4, 0.5) is 5.00 Å². The number of hydrogen-bond acceptors (Lipinski definition) is 6. The third-order valence-electron chi connectivity index (χ3n) is 5.84. The molecule has 160 valence electrons. The second-order valence-electron chi connectivity index (χ2n) is 8.17. The van der Waals surface area contributed by atoms with Crippen molar-refractivity contribution in [2.75, 3.05) is 18.5 Å². The van der Waals surface area contributed by atoms with Crippen molar-refractivity contribution in [1.29, 1.82) is 0 Å². The summed E-state index contributed by atoms with van der Waals surface area (Å²) in [5.74, 6) is 0.0145. The van der Waals surface area contributed by atoms with Gasteiger partial charge in [0, 0.05) is 11.3 Å². The van der Waals surface area contributed by atoms with E-state index in [1.807, 2.05) is 0 Å². The minimum Gasteiger partial charge on any atom is -0.462 e. The Balaban J connectivity index is 1.57. The number of fused-ring (bicyclic) bond motifs is 1. The SMILES string of the molecule is CCOC(=O)c1c(NC(=O)COC(=O)CCC2CCCC2)sc2c1CC[C@H](C)C2. The van der Waals surface area contributed by atoms with E-state index in [2.05, 4.69) is 12.2 Å². The Morgan fingerprint density at radius 2 is 1.90 bits per heavy atom. The molecule has 1 heterocycles. The van der Waals surface area contributed by atoms with Gasteiger partial charge in [-0.05, 0) is 50.0 Å². The van der Waals surface area contributed by atoms with Gasteiger partial charge in [0.2, 0.25) is 0 Å². The van der Waals surface area contributed by atoms with Crippen LogP contribution in [0.25, 0.3) is 0 Å². The van der Waals surface area contributed by atoms with Crippen molar-refractivity contribution in [3.8, 4) is 0 Å². The van der Waals surface area contributed by atoms with Crippen LogP contribution in [0, 0.1) is 11.8 Å². The first-order valence-corrected chi connectivity index (χ1v) is 11.6. The molecular formula is C22H31NO5S. The van der Waals surface area contributed by atoms with Crippen molar-refractivity contribution in [1.82, 2.24) is 0 Å². The van der Waals surface area contributed by atoms with Crippen LogP contribution in [0.1, 0.15) is 79.6 Å². The van der Waals surface area contributed by atoms with E-state index in [1.54, 1.807) is 6.92 Å². The van der Waals surface area contributed by atoms with Crippen LogP contribution >= 0.6 is 11.3 Å². The summed E-state index contributed by atoms with van der Waals surface area (Å²) in [7, 11) is 0. The molecule has 1 amide bonds. The molecule has 0 bridgehead atoms. The zero-order chi connectivity index (χ0) is 20.8. The maximum Gasteiger partial charge on any atom is 0.341 e. The van der Waals surface area contributed by atoms with Gasteiger partial charge >= 0.3 is 11.9 Å². The largest absolute Gasteiger partial charge is 0.462 e. The van der Waals surface area contributed by atoms with Gasteiger partial charge in [-0.2, -0.15) is 0 Å². The van der Waals surface area contributed by atoms with Crippen molar-refractivity contribution >= 4 is 34.2 Å². The fraction of sp³-hybridized carbons (Fsp3) is 0.682. The van der Waals surface area contributed by atoms with Crippen LogP contribution in [0.5, 0.6) is 0 Å². The molecule has 3 rings (SSSR count). The molecule has 1 aromatic heterocycles. The number of thiophene rings is 1. The molecule has 0 unspecified atom stereocenters. The monoisotopic (exact) mass is 421 g/mol. The Morgan fingerprint density at radius 3 is 2.62 bits per heavy atom. The maximum atomic E-state index is 12.5. The first kappa shape index (κ1) is 21.8. The number of carbonyl (C=O) groups is 3. The predicted octanol–water partition coefficient (Wildman–Crippen LogP) is 4.50. The number of carbonyl (C=O) groups excluding carboxylic acids is 3. The summed E-state index contributed by atoms with van der Waals surface area (Å²) >= 11 is 1.44. The third kappa shape index (κ3) is 5.81. The molecule has 2 aliphatic rings. The highest BCUT2D eigenvalue weighted by Crippen LogP contribution is 2.40. The van der Waals surface area contributed by atoms with Crippen molar-refractivity contribution < 1.29 is 23.9 Å². The number of nitrogens with one attached hydrogen (secondary N) is 1. The maximum absolute atomic E-state index is 12.5. The summed E-state index contributed by atoms with van der Waals surface area (Å²) in [5, 5.41) is 3.28. The lowest BCUT2D eigenvalue weighted by Gasteiger charge is -2.18. The molecule has 0 spiro atoms. The van der Waals surface area contributed by atoms with Gasteiger partial charge in [-0.1, -0.05) is 32.6 Å². The summed E-state index contributed by atoms with van der Waals surface area (Å²) in [4.78, 5) is 37.9. The number of anilines is 1. The predicted molar refractivity (Wildman–Crippen MR) is 112 cm³/mol. The van der Waals surface area contributed by atoms with Gasteiger partial charge in [-0.25, -0.2) is 4.79 Å². The number of amides is 1. The molecule has 0 radical (unpaired) electrons. The van der Waals surface area contributed by atoms with E-state index < -0.39 is 11.9 Å². The summed E-state index contributed by atoms with van der Waals surface area (Å²) in [5.41, 5.74) is 1.47. The van der Waals surface area contributed by atoms with Crippen LogP contribution in [-0.2, 0) is 31.9 Å². The highest BCUT2D eigenvalue weighted by atomic mass is 32.1. The summed E-state index contributed by atoms with van der Waals surface area (Å²) < 4.78 is 10.4. The smallest absolute Gasteiger partial charge is 0.341 e. The van der Waals surface area contributed by atoms with Gasteiger partial charge in [0.25, 0.3) is 5.91 Å². The number of ether oxygens (including phenoxy) is 2. The van der Waals surface area contributed by atoms with Gasteiger partial charge in [0.1, 0.15) is 5.00 Å². The summed E-state index contributed by atoms with van der Waals surface area (Å²) in [6.45, 7) is 3.91. The van der Waals surface area contributed by atoms with Gasteiger partial charge in [0.05, 0.1) is 12.2 Å². The van der Waals surface area contributed by atoms with Crippen LogP contribution < -0.4 is 5.32 Å². The van der Waals surface area contributed by atoms with Crippen LogP contribution in [0.15, 0.2) is 0 Å². The summed E-state index contributed by atoms with van der Waals surface area (Å²) in [6.07, 6.45) is 8.79. The Bertz CT molecular complexity index is 751. The fourth-order valence-corrected chi connectivity index (χ4v) is 5.68. The van der Waals surface area contributed by atoms with Gasteiger partial charge < -0.3 is 14.8 Å². The van der Waals surface area contributed by atoms with E-state index in [1.165, 1.54) is 37.0 Å². The van der Waals surface area contributed by atoms with Gasteiger partial charge in [-0.15, -0.1) is 11.3 Å². The first-order chi connectivity index (χ1) is 14.0. The quantitative estimate of drug-likeness (QED) is 0.625. The zero-order valence-electron chi connectivity index (χ0n) is 17.4. The number of esters is 2. The normalized spacial score (nSPS) is 18.9. The molecule has 7 heteroatoms. The molecule has 1 aromatic rings. The van der Waals surface area contributed by atoms with Crippen LogP contribution in [-0.4, -0.2) is 31.1 Å².